The van der Waals surface area contributed by atoms with Gasteiger partial charge in [0.25, 0.3) is 0 Å². The third kappa shape index (κ3) is 9.99. The number of ether oxygens (including phenoxy) is 2. The van der Waals surface area contributed by atoms with Crippen molar-refractivity contribution in [3.63, 3.8) is 0 Å². The molecular weight excluding hydrogens is 222 g/mol. The van der Waals surface area contributed by atoms with E-state index in [4.69, 9.17) is 9.47 Å². The highest BCUT2D eigenvalue weighted by Crippen LogP contribution is 1.97. The summed E-state index contributed by atoms with van der Waals surface area (Å²) in [4.78, 5) is 10.8. The number of carbonyl (C=O) groups is 1. The number of hydrogen-bond acceptors (Lipinski definition) is 4. The van der Waals surface area contributed by atoms with Gasteiger partial charge >= 0.3 is 0 Å². The summed E-state index contributed by atoms with van der Waals surface area (Å²) in [6, 6.07) is 0. The van der Waals surface area contributed by atoms with Gasteiger partial charge in [0.05, 0.1) is 25.9 Å². The van der Waals surface area contributed by atoms with Crippen molar-refractivity contribution in [3.05, 3.63) is 12.7 Å². The third-order valence-corrected chi connectivity index (χ3v) is 2.19. The maximum absolute atomic E-state index is 10.8. The number of hydrogen-bond donors (Lipinski definition) is 2. The number of rotatable bonds is 10. The van der Waals surface area contributed by atoms with Gasteiger partial charge < -0.3 is 19.9 Å². The van der Waals surface area contributed by atoms with Crippen LogP contribution in [0.2, 0.25) is 0 Å². The van der Waals surface area contributed by atoms with Crippen molar-refractivity contribution in [1.82, 2.24) is 5.32 Å². The Bertz CT molecular complexity index is 221. The van der Waals surface area contributed by atoms with E-state index in [-0.39, 0.29) is 25.2 Å². The molecule has 0 aliphatic carbocycles. The van der Waals surface area contributed by atoms with Crippen LogP contribution in [-0.2, 0) is 14.3 Å². The van der Waals surface area contributed by atoms with Crippen LogP contribution in [0.5, 0.6) is 0 Å². The van der Waals surface area contributed by atoms with E-state index in [9.17, 15) is 9.90 Å². The van der Waals surface area contributed by atoms with Gasteiger partial charge in [0.15, 0.2) is 0 Å². The fourth-order valence-electron chi connectivity index (χ4n) is 0.979. The molecule has 1 amide bonds. The lowest BCUT2D eigenvalue weighted by atomic mass is 10.3. The van der Waals surface area contributed by atoms with Gasteiger partial charge in [0.1, 0.15) is 6.10 Å². The largest absolute Gasteiger partial charge is 0.388 e. The summed E-state index contributed by atoms with van der Waals surface area (Å²) in [6.45, 7) is 8.56. The molecule has 0 aromatic carbocycles. The lowest BCUT2D eigenvalue weighted by molar-refractivity contribution is -0.116. The van der Waals surface area contributed by atoms with Crippen LogP contribution in [0, 0.1) is 0 Å². The Balaban J connectivity index is 3.35. The molecule has 2 N–H and O–H groups in total. The smallest absolute Gasteiger partial charge is 0.243 e. The number of aliphatic hydroxyl groups excluding tert-OH is 1. The molecule has 5 heteroatoms. The van der Waals surface area contributed by atoms with E-state index in [2.05, 4.69) is 11.9 Å². The van der Waals surface area contributed by atoms with Gasteiger partial charge in [-0.2, -0.15) is 0 Å². The van der Waals surface area contributed by atoms with Crippen molar-refractivity contribution < 1.29 is 19.4 Å². The zero-order valence-corrected chi connectivity index (χ0v) is 10.6. The molecule has 0 aromatic heterocycles. The molecule has 0 heterocycles. The van der Waals surface area contributed by atoms with E-state index in [0.717, 1.165) is 6.42 Å². The highest BCUT2D eigenvalue weighted by molar-refractivity contribution is 5.86. The predicted molar refractivity (Wildman–Crippen MR) is 65.7 cm³/mol. The molecule has 5 nitrogen and oxygen atoms in total. The van der Waals surface area contributed by atoms with Crippen LogP contribution in [0.3, 0.4) is 0 Å². The molecule has 0 aromatic rings. The second-order valence-corrected chi connectivity index (χ2v) is 3.78. The fourth-order valence-corrected chi connectivity index (χ4v) is 0.979. The van der Waals surface area contributed by atoms with E-state index in [0.29, 0.717) is 13.2 Å². The van der Waals surface area contributed by atoms with Gasteiger partial charge in [-0.15, -0.1) is 0 Å². The summed E-state index contributed by atoms with van der Waals surface area (Å²) in [5.41, 5.74) is 0. The zero-order chi connectivity index (χ0) is 13.1. The highest BCUT2D eigenvalue weighted by atomic mass is 16.5. The van der Waals surface area contributed by atoms with Crippen molar-refractivity contribution in [3.8, 4) is 0 Å². The van der Waals surface area contributed by atoms with Crippen molar-refractivity contribution in [2.75, 3.05) is 26.4 Å². The first kappa shape index (κ1) is 16.1. The maximum atomic E-state index is 10.8. The van der Waals surface area contributed by atoms with E-state index < -0.39 is 6.10 Å². The monoisotopic (exact) mass is 245 g/mol. The Kier molecular flexibility index (Phi) is 9.71. The van der Waals surface area contributed by atoms with Gasteiger partial charge in [-0.1, -0.05) is 13.5 Å². The summed E-state index contributed by atoms with van der Waals surface area (Å²) >= 11 is 0. The van der Waals surface area contributed by atoms with Gasteiger partial charge in [-0.05, 0) is 19.4 Å². The number of aliphatic hydroxyl groups is 1. The average Bonchev–Trinajstić information content (AvgIpc) is 2.34. The molecule has 100 valence electrons. The number of amides is 1. The Morgan fingerprint density at radius 3 is 2.82 bits per heavy atom. The molecule has 0 spiro atoms. The van der Waals surface area contributed by atoms with Crippen LogP contribution in [0.15, 0.2) is 12.7 Å². The second-order valence-electron chi connectivity index (χ2n) is 3.78. The van der Waals surface area contributed by atoms with Crippen LogP contribution < -0.4 is 5.32 Å². The van der Waals surface area contributed by atoms with E-state index >= 15 is 0 Å². The lowest BCUT2D eigenvalue weighted by Crippen LogP contribution is -2.28. The minimum atomic E-state index is -0.626. The average molecular weight is 245 g/mol. The zero-order valence-electron chi connectivity index (χ0n) is 10.6. The van der Waals surface area contributed by atoms with Crippen LogP contribution in [0.25, 0.3) is 0 Å². The number of carbonyl (C=O) groups excluding carboxylic acids is 1. The topological polar surface area (TPSA) is 67.8 Å². The molecule has 0 saturated carbocycles. The predicted octanol–water partition coefficient (Wildman–Crippen LogP) is 0.481. The molecule has 2 unspecified atom stereocenters. The van der Waals surface area contributed by atoms with Crippen molar-refractivity contribution in [2.24, 2.45) is 0 Å². The van der Waals surface area contributed by atoms with E-state index in [1.54, 1.807) is 0 Å². The van der Waals surface area contributed by atoms with Gasteiger partial charge in [-0.3, -0.25) is 4.79 Å². The molecule has 0 aliphatic heterocycles. The minimum absolute atomic E-state index is 0.150. The van der Waals surface area contributed by atoms with Gasteiger partial charge in [0, 0.05) is 6.54 Å². The summed E-state index contributed by atoms with van der Waals surface area (Å²) in [5, 5.41) is 12.1. The second kappa shape index (κ2) is 10.3. The molecule has 17 heavy (non-hydrogen) atoms. The third-order valence-electron chi connectivity index (χ3n) is 2.19. The number of nitrogens with one attached hydrogen (secondary N) is 1. The normalized spacial score (nSPS) is 14.1. The first-order valence-corrected chi connectivity index (χ1v) is 5.87. The fraction of sp³-hybridized carbons (Fsp3) is 0.750. The standard InChI is InChI=1S/C12H23NO4/c1-4-10(3)17-9-11(14)8-16-7-6-13-12(15)5-2/h5,10-11,14H,2,4,6-9H2,1,3H3,(H,13,15). The van der Waals surface area contributed by atoms with Gasteiger partial charge in [-0.25, -0.2) is 0 Å². The summed E-state index contributed by atoms with van der Waals surface area (Å²) in [7, 11) is 0. The Morgan fingerprint density at radius 2 is 2.24 bits per heavy atom. The minimum Gasteiger partial charge on any atom is -0.388 e. The van der Waals surface area contributed by atoms with Crippen LogP contribution in [0.4, 0.5) is 0 Å². The molecule has 2 atom stereocenters. The van der Waals surface area contributed by atoms with Crippen LogP contribution >= 0.6 is 0 Å². The Hall–Kier alpha value is -0.910. The van der Waals surface area contributed by atoms with Gasteiger partial charge in [0.2, 0.25) is 5.91 Å². The first-order chi connectivity index (χ1) is 8.10. The van der Waals surface area contributed by atoms with Crippen LogP contribution in [-0.4, -0.2) is 49.6 Å². The molecular formula is C12H23NO4. The first-order valence-electron chi connectivity index (χ1n) is 5.87. The lowest BCUT2D eigenvalue weighted by Gasteiger charge is -2.15. The van der Waals surface area contributed by atoms with E-state index in [1.165, 1.54) is 6.08 Å². The van der Waals surface area contributed by atoms with Crippen molar-refractivity contribution in [1.29, 1.82) is 0 Å². The van der Waals surface area contributed by atoms with Crippen LogP contribution in [0.1, 0.15) is 20.3 Å². The van der Waals surface area contributed by atoms with Crippen molar-refractivity contribution in [2.45, 2.75) is 32.5 Å². The molecule has 0 fully saturated rings. The van der Waals surface area contributed by atoms with Crippen molar-refractivity contribution >= 4 is 5.91 Å². The molecule has 0 saturated heterocycles. The molecule has 0 bridgehead atoms. The summed E-state index contributed by atoms with van der Waals surface area (Å²) in [6.07, 6.45) is 1.64. The SMILES string of the molecule is C=CC(=O)NCCOCC(O)COC(C)CC. The summed E-state index contributed by atoms with van der Waals surface area (Å²) < 4.78 is 10.5. The molecule has 0 rings (SSSR count). The highest BCUT2D eigenvalue weighted by Gasteiger charge is 2.06. The maximum Gasteiger partial charge on any atom is 0.243 e. The Labute approximate surface area is 103 Å². The Morgan fingerprint density at radius 1 is 1.53 bits per heavy atom. The quantitative estimate of drug-likeness (QED) is 0.434. The van der Waals surface area contributed by atoms with E-state index in [1.807, 2.05) is 13.8 Å². The molecule has 0 radical (unpaired) electrons. The molecule has 0 aliphatic rings. The summed E-state index contributed by atoms with van der Waals surface area (Å²) in [5.74, 6) is -0.228.